The molecule has 2 rings (SSSR count). The van der Waals surface area contributed by atoms with E-state index in [2.05, 4.69) is 0 Å². The molecule has 22 heavy (non-hydrogen) atoms. The normalized spacial score (nSPS) is 16.6. The fourth-order valence-electron chi connectivity index (χ4n) is 2.69. The summed E-state index contributed by atoms with van der Waals surface area (Å²) in [5, 5.41) is 1.17. The average Bonchev–Trinajstić information content (AvgIpc) is 2.97. The number of aryl methyl sites for hydroxylation is 1. The number of hydrogen-bond donors (Lipinski definition) is 1. The number of nitrogens with two attached hydrogens (primary N) is 1. The number of primary amides is 1. The summed E-state index contributed by atoms with van der Waals surface area (Å²) in [6.45, 7) is 1.71. The first kappa shape index (κ1) is 16.7. The lowest BCUT2D eigenvalue weighted by molar-refractivity contribution is -0.118. The summed E-state index contributed by atoms with van der Waals surface area (Å²) >= 11 is 0. The van der Waals surface area contributed by atoms with Gasteiger partial charge in [-0.1, -0.05) is 42.7 Å². The fraction of sp³-hybridized carbons (Fsp3) is 0.438. The molecule has 0 radical (unpaired) electrons. The first-order chi connectivity index (χ1) is 10.4. The van der Waals surface area contributed by atoms with Gasteiger partial charge in [0.25, 0.3) is 0 Å². The molecule has 1 fully saturated rings. The van der Waals surface area contributed by atoms with Crippen LogP contribution in [0, 0.1) is 6.92 Å². The van der Waals surface area contributed by atoms with Crippen molar-refractivity contribution in [2.45, 2.75) is 38.6 Å². The lowest BCUT2D eigenvalue weighted by Crippen LogP contribution is -2.43. The Morgan fingerprint density at radius 1 is 1.27 bits per heavy atom. The predicted molar refractivity (Wildman–Crippen MR) is 87.3 cm³/mol. The highest BCUT2D eigenvalue weighted by Crippen LogP contribution is 2.26. The van der Waals surface area contributed by atoms with E-state index >= 15 is 0 Å². The summed E-state index contributed by atoms with van der Waals surface area (Å²) in [5.41, 5.74) is 7.13. The van der Waals surface area contributed by atoms with Crippen LogP contribution in [0.25, 0.3) is 6.08 Å². The van der Waals surface area contributed by atoms with Crippen molar-refractivity contribution in [3.05, 3.63) is 40.8 Å². The van der Waals surface area contributed by atoms with Gasteiger partial charge >= 0.3 is 0 Å². The van der Waals surface area contributed by atoms with Gasteiger partial charge in [-0.3, -0.25) is 4.79 Å². The highest BCUT2D eigenvalue weighted by molar-refractivity contribution is 7.92. The van der Waals surface area contributed by atoms with Gasteiger partial charge < -0.3 is 5.73 Å². The van der Waals surface area contributed by atoms with Gasteiger partial charge in [0.05, 0.1) is 6.54 Å². The van der Waals surface area contributed by atoms with Crippen molar-refractivity contribution in [3.63, 3.8) is 0 Å². The van der Waals surface area contributed by atoms with Crippen LogP contribution in [-0.4, -0.2) is 31.2 Å². The van der Waals surface area contributed by atoms with Gasteiger partial charge in [0.1, 0.15) is 0 Å². The molecule has 1 aliphatic carbocycles. The van der Waals surface area contributed by atoms with Crippen LogP contribution in [0.1, 0.15) is 36.8 Å². The molecule has 1 aliphatic rings. The molecule has 1 amide bonds. The Morgan fingerprint density at radius 3 is 2.41 bits per heavy atom. The Hall–Kier alpha value is -1.66. The number of hydrogen-bond acceptors (Lipinski definition) is 3. The summed E-state index contributed by atoms with van der Waals surface area (Å²) < 4.78 is 26.3. The Kier molecular flexibility index (Phi) is 5.37. The van der Waals surface area contributed by atoms with Crippen LogP contribution in [0.2, 0.25) is 0 Å². The Balaban J connectivity index is 2.20. The maximum absolute atomic E-state index is 12.5. The van der Waals surface area contributed by atoms with Crippen LogP contribution in [0.5, 0.6) is 0 Å². The van der Waals surface area contributed by atoms with E-state index in [1.165, 1.54) is 9.71 Å². The van der Waals surface area contributed by atoms with E-state index in [1.807, 2.05) is 31.2 Å². The third-order valence-electron chi connectivity index (χ3n) is 3.88. The lowest BCUT2D eigenvalue weighted by atomic mass is 10.2. The van der Waals surface area contributed by atoms with Crippen molar-refractivity contribution in [2.75, 3.05) is 6.54 Å². The second-order valence-corrected chi connectivity index (χ2v) is 7.48. The molecule has 0 bridgehead atoms. The van der Waals surface area contributed by atoms with E-state index in [-0.39, 0.29) is 12.6 Å². The van der Waals surface area contributed by atoms with Crippen LogP contribution >= 0.6 is 0 Å². The Labute approximate surface area is 131 Å². The quantitative estimate of drug-likeness (QED) is 0.870. The largest absolute Gasteiger partial charge is 0.369 e. The zero-order valence-electron chi connectivity index (χ0n) is 12.7. The molecule has 0 spiro atoms. The van der Waals surface area contributed by atoms with E-state index < -0.39 is 15.9 Å². The first-order valence-corrected chi connectivity index (χ1v) is 8.94. The van der Waals surface area contributed by atoms with Crippen molar-refractivity contribution in [1.29, 1.82) is 0 Å². The van der Waals surface area contributed by atoms with E-state index in [4.69, 9.17) is 5.73 Å². The monoisotopic (exact) mass is 322 g/mol. The number of carbonyl (C=O) groups excluding carboxylic acids is 1. The highest BCUT2D eigenvalue weighted by atomic mass is 32.2. The number of nitrogens with zero attached hydrogens (tertiary/aromatic N) is 1. The van der Waals surface area contributed by atoms with Gasteiger partial charge in [0, 0.05) is 11.4 Å². The van der Waals surface area contributed by atoms with E-state index in [0.717, 1.165) is 36.8 Å². The number of rotatable bonds is 6. The number of sulfonamides is 1. The number of benzene rings is 1. The van der Waals surface area contributed by atoms with E-state index in [1.54, 1.807) is 6.08 Å². The molecule has 1 saturated carbocycles. The van der Waals surface area contributed by atoms with Crippen molar-refractivity contribution < 1.29 is 13.2 Å². The van der Waals surface area contributed by atoms with Crippen LogP contribution in [0.15, 0.2) is 29.7 Å². The van der Waals surface area contributed by atoms with E-state index in [9.17, 15) is 13.2 Å². The third-order valence-corrected chi connectivity index (χ3v) is 5.44. The smallest absolute Gasteiger partial charge is 0.236 e. The van der Waals surface area contributed by atoms with Crippen LogP contribution in [-0.2, 0) is 14.8 Å². The minimum absolute atomic E-state index is 0.125. The van der Waals surface area contributed by atoms with Gasteiger partial charge in [-0.2, -0.15) is 4.31 Å². The minimum atomic E-state index is -3.66. The van der Waals surface area contributed by atoms with Gasteiger partial charge in [0.2, 0.25) is 15.9 Å². The maximum Gasteiger partial charge on any atom is 0.236 e. The molecule has 6 heteroatoms. The highest BCUT2D eigenvalue weighted by Gasteiger charge is 2.31. The molecule has 1 aromatic rings. The summed E-state index contributed by atoms with van der Waals surface area (Å²) in [5.74, 6) is -0.626. The summed E-state index contributed by atoms with van der Waals surface area (Å²) in [4.78, 5) is 11.2. The van der Waals surface area contributed by atoms with Crippen molar-refractivity contribution in [2.24, 2.45) is 5.73 Å². The summed E-state index contributed by atoms with van der Waals surface area (Å²) in [6, 6.07) is 7.43. The molecule has 2 N–H and O–H groups in total. The van der Waals surface area contributed by atoms with Crippen LogP contribution in [0.3, 0.4) is 0 Å². The topological polar surface area (TPSA) is 80.5 Å². The molecule has 0 aliphatic heterocycles. The second kappa shape index (κ2) is 7.07. The van der Waals surface area contributed by atoms with Gasteiger partial charge in [-0.15, -0.1) is 0 Å². The number of amides is 1. The van der Waals surface area contributed by atoms with Crippen LogP contribution < -0.4 is 5.73 Å². The van der Waals surface area contributed by atoms with Gasteiger partial charge in [-0.25, -0.2) is 8.42 Å². The maximum atomic E-state index is 12.5. The van der Waals surface area contributed by atoms with Gasteiger partial charge in [-0.05, 0) is 31.4 Å². The minimum Gasteiger partial charge on any atom is -0.369 e. The summed E-state index contributed by atoms with van der Waals surface area (Å²) in [7, 11) is -3.66. The second-order valence-electron chi connectivity index (χ2n) is 5.71. The van der Waals surface area contributed by atoms with Crippen LogP contribution in [0.4, 0.5) is 0 Å². The third kappa shape index (κ3) is 4.42. The van der Waals surface area contributed by atoms with Crippen molar-refractivity contribution in [1.82, 2.24) is 4.31 Å². The molecule has 5 nitrogen and oxygen atoms in total. The molecule has 0 aromatic heterocycles. The molecule has 120 valence electrons. The van der Waals surface area contributed by atoms with E-state index in [0.29, 0.717) is 0 Å². The molecule has 1 aromatic carbocycles. The Bertz CT molecular complexity index is 644. The molecular formula is C16H22N2O3S. The standard InChI is InChI=1S/C16H22N2O3S/c1-13-6-8-14(9-7-13)10-11-22(20,21)18(12-16(17)19)15-4-2-3-5-15/h6-11,15H,2-5,12H2,1H3,(H2,17,19)/b11-10-. The summed E-state index contributed by atoms with van der Waals surface area (Å²) in [6.07, 6.45) is 5.09. The lowest BCUT2D eigenvalue weighted by Gasteiger charge is -2.25. The zero-order chi connectivity index (χ0) is 16.2. The Morgan fingerprint density at radius 2 is 1.86 bits per heavy atom. The zero-order valence-corrected chi connectivity index (χ0v) is 13.6. The average molecular weight is 322 g/mol. The molecule has 0 unspecified atom stereocenters. The first-order valence-electron chi connectivity index (χ1n) is 7.43. The van der Waals surface area contributed by atoms with Gasteiger partial charge in [0.15, 0.2) is 0 Å². The number of carbonyl (C=O) groups is 1. The fourth-order valence-corrected chi connectivity index (χ4v) is 4.11. The molecular weight excluding hydrogens is 300 g/mol. The molecule has 0 saturated heterocycles. The molecule has 0 atom stereocenters. The van der Waals surface area contributed by atoms with Crippen molar-refractivity contribution in [3.8, 4) is 0 Å². The molecule has 0 heterocycles. The van der Waals surface area contributed by atoms with Crippen molar-refractivity contribution >= 4 is 22.0 Å². The SMILES string of the molecule is Cc1ccc(/C=C\S(=O)(=O)N(CC(N)=O)C2CCCC2)cc1. The predicted octanol–water partition coefficient (Wildman–Crippen LogP) is 2.03.